The fraction of sp³-hybridized carbons (Fsp3) is 0.348. The van der Waals surface area contributed by atoms with Crippen LogP contribution < -0.4 is 10.0 Å². The Hall–Kier alpha value is -3.40. The molecule has 2 aromatic rings. The van der Waals surface area contributed by atoms with Crippen LogP contribution in [0.25, 0.3) is 0 Å². The third kappa shape index (κ3) is 7.90. The van der Waals surface area contributed by atoms with E-state index in [0.717, 1.165) is 5.56 Å². The topological polar surface area (TPSA) is 128 Å². The highest BCUT2D eigenvalue weighted by atomic mass is 32.2. The van der Waals surface area contributed by atoms with Gasteiger partial charge in [0.25, 0.3) is 15.9 Å². The zero-order valence-electron chi connectivity index (χ0n) is 18.8. The highest BCUT2D eigenvalue weighted by Gasteiger charge is 2.24. The van der Waals surface area contributed by atoms with Crippen LogP contribution in [0.1, 0.15) is 42.6 Å². The van der Waals surface area contributed by atoms with Crippen molar-refractivity contribution in [1.29, 1.82) is 0 Å². The van der Waals surface area contributed by atoms with E-state index >= 15 is 0 Å². The molecule has 0 aliphatic rings. The Morgan fingerprint density at radius 3 is 2.09 bits per heavy atom. The molecule has 0 spiro atoms. The molecule has 33 heavy (non-hydrogen) atoms. The predicted molar refractivity (Wildman–Crippen MR) is 122 cm³/mol. The van der Waals surface area contributed by atoms with Crippen LogP contribution in [0.2, 0.25) is 0 Å². The molecule has 0 heterocycles. The highest BCUT2D eigenvalue weighted by molar-refractivity contribution is 7.92. The smallest absolute Gasteiger partial charge is 0.328 e. The van der Waals surface area contributed by atoms with Crippen molar-refractivity contribution in [1.82, 2.24) is 5.32 Å². The molecule has 1 amide bonds. The fourth-order valence-corrected chi connectivity index (χ4v) is 3.91. The molecule has 0 saturated heterocycles. The molecule has 0 aromatic heterocycles. The normalized spacial score (nSPS) is 11.8. The van der Waals surface area contributed by atoms with E-state index < -0.39 is 33.9 Å². The van der Waals surface area contributed by atoms with Gasteiger partial charge >= 0.3 is 11.9 Å². The van der Waals surface area contributed by atoms with Gasteiger partial charge in [-0.2, -0.15) is 0 Å². The maximum absolute atomic E-state index is 12.6. The van der Waals surface area contributed by atoms with E-state index in [0.29, 0.717) is 0 Å². The summed E-state index contributed by atoms with van der Waals surface area (Å²) in [5, 5.41) is 2.55. The number of sulfonamides is 1. The number of carbonyl (C=O) groups is 3. The number of rotatable bonds is 11. The van der Waals surface area contributed by atoms with E-state index in [2.05, 4.69) is 10.0 Å². The standard InChI is InChI=1S/C23H28N2O7S/c1-4-31-21(26)15-14-20(23(28)32-5-2)24-22(27)17-8-10-18(11-9-17)25-33(29,30)19-12-6-16(3)7-13-19/h6-13,20,25H,4-5,14-15H2,1-3H3,(H,24,27)/t20-/m0/s1. The molecule has 2 aromatic carbocycles. The van der Waals surface area contributed by atoms with E-state index in [1.165, 1.54) is 36.4 Å². The number of aryl methyl sites for hydroxylation is 1. The summed E-state index contributed by atoms with van der Waals surface area (Å²) >= 11 is 0. The first-order chi connectivity index (χ1) is 15.7. The van der Waals surface area contributed by atoms with Gasteiger partial charge in [0, 0.05) is 17.7 Å². The summed E-state index contributed by atoms with van der Waals surface area (Å²) in [7, 11) is -3.78. The van der Waals surface area contributed by atoms with Gasteiger partial charge in [-0.25, -0.2) is 13.2 Å². The maximum Gasteiger partial charge on any atom is 0.328 e. The summed E-state index contributed by atoms with van der Waals surface area (Å²) < 4.78 is 37.3. The van der Waals surface area contributed by atoms with Crippen molar-refractivity contribution in [2.24, 2.45) is 0 Å². The second-order valence-corrected chi connectivity index (χ2v) is 8.80. The van der Waals surface area contributed by atoms with Crippen LogP contribution in [-0.2, 0) is 29.1 Å². The minimum absolute atomic E-state index is 0.0256. The van der Waals surface area contributed by atoms with Crippen LogP contribution in [0.3, 0.4) is 0 Å². The van der Waals surface area contributed by atoms with Gasteiger partial charge in [0.15, 0.2) is 0 Å². The second kappa shape index (κ2) is 12.0. The number of ether oxygens (including phenoxy) is 2. The van der Waals surface area contributed by atoms with Crippen molar-refractivity contribution < 1.29 is 32.3 Å². The van der Waals surface area contributed by atoms with Gasteiger partial charge in [-0.1, -0.05) is 17.7 Å². The zero-order valence-corrected chi connectivity index (χ0v) is 19.6. The van der Waals surface area contributed by atoms with Crippen LogP contribution in [0.5, 0.6) is 0 Å². The second-order valence-electron chi connectivity index (χ2n) is 7.12. The van der Waals surface area contributed by atoms with Gasteiger partial charge < -0.3 is 14.8 Å². The van der Waals surface area contributed by atoms with Crippen molar-refractivity contribution in [3.05, 3.63) is 59.7 Å². The number of anilines is 1. The fourth-order valence-electron chi connectivity index (χ4n) is 2.85. The quantitative estimate of drug-likeness (QED) is 0.477. The van der Waals surface area contributed by atoms with Crippen LogP contribution in [0.4, 0.5) is 5.69 Å². The third-order valence-corrected chi connectivity index (χ3v) is 5.95. The Labute approximate surface area is 193 Å². The van der Waals surface area contributed by atoms with E-state index in [4.69, 9.17) is 9.47 Å². The largest absolute Gasteiger partial charge is 0.466 e. The summed E-state index contributed by atoms with van der Waals surface area (Å²) in [4.78, 5) is 36.5. The van der Waals surface area contributed by atoms with Crippen molar-refractivity contribution in [2.45, 2.75) is 44.6 Å². The lowest BCUT2D eigenvalue weighted by Crippen LogP contribution is -2.42. The number of nitrogens with one attached hydrogen (secondary N) is 2. The minimum Gasteiger partial charge on any atom is -0.466 e. The summed E-state index contributed by atoms with van der Waals surface area (Å²) in [6.07, 6.45) is -0.0326. The Balaban J connectivity index is 2.06. The number of hydrogen-bond acceptors (Lipinski definition) is 7. The lowest BCUT2D eigenvalue weighted by Gasteiger charge is -2.17. The summed E-state index contributed by atoms with van der Waals surface area (Å²) in [5.41, 5.74) is 1.42. The van der Waals surface area contributed by atoms with Crippen LogP contribution in [-0.4, -0.2) is 45.5 Å². The molecule has 2 rings (SSSR count). The monoisotopic (exact) mass is 476 g/mol. The molecular formula is C23H28N2O7S. The molecule has 1 atom stereocenters. The SMILES string of the molecule is CCOC(=O)CC[C@H](NC(=O)c1ccc(NS(=O)(=O)c2ccc(C)cc2)cc1)C(=O)OCC. The van der Waals surface area contributed by atoms with Crippen molar-refractivity contribution in [3.8, 4) is 0 Å². The van der Waals surface area contributed by atoms with Crippen LogP contribution in [0, 0.1) is 6.92 Å². The van der Waals surface area contributed by atoms with E-state index in [-0.39, 0.29) is 42.2 Å². The Morgan fingerprint density at radius 2 is 1.52 bits per heavy atom. The van der Waals surface area contributed by atoms with Crippen molar-refractivity contribution >= 4 is 33.6 Å². The lowest BCUT2D eigenvalue weighted by molar-refractivity contribution is -0.146. The Kier molecular flexibility index (Phi) is 9.41. The summed E-state index contributed by atoms with van der Waals surface area (Å²) in [6.45, 7) is 5.51. The van der Waals surface area contributed by atoms with Gasteiger partial charge in [-0.15, -0.1) is 0 Å². The molecule has 0 aliphatic carbocycles. The summed E-state index contributed by atoms with van der Waals surface area (Å²) in [5.74, 6) is -1.70. The molecule has 2 N–H and O–H groups in total. The minimum atomic E-state index is -3.78. The molecular weight excluding hydrogens is 448 g/mol. The van der Waals surface area contributed by atoms with Gasteiger partial charge in [0.1, 0.15) is 6.04 Å². The predicted octanol–water partition coefficient (Wildman–Crippen LogP) is 2.80. The number of benzene rings is 2. The Morgan fingerprint density at radius 1 is 0.909 bits per heavy atom. The van der Waals surface area contributed by atoms with E-state index in [9.17, 15) is 22.8 Å². The number of amides is 1. The Bertz CT molecular complexity index is 1060. The third-order valence-electron chi connectivity index (χ3n) is 4.55. The number of hydrogen-bond donors (Lipinski definition) is 2. The molecule has 0 fully saturated rings. The molecule has 9 nitrogen and oxygen atoms in total. The van der Waals surface area contributed by atoms with Gasteiger partial charge in [-0.05, 0) is 63.6 Å². The van der Waals surface area contributed by atoms with Crippen LogP contribution >= 0.6 is 0 Å². The molecule has 10 heteroatoms. The molecule has 0 aliphatic heterocycles. The molecule has 0 saturated carbocycles. The molecule has 0 radical (unpaired) electrons. The van der Waals surface area contributed by atoms with Crippen molar-refractivity contribution in [3.63, 3.8) is 0 Å². The molecule has 0 bridgehead atoms. The molecule has 178 valence electrons. The van der Waals surface area contributed by atoms with Gasteiger partial charge in [0.2, 0.25) is 0 Å². The number of esters is 2. The number of carbonyl (C=O) groups excluding carboxylic acids is 3. The van der Waals surface area contributed by atoms with Gasteiger partial charge in [-0.3, -0.25) is 14.3 Å². The first-order valence-corrected chi connectivity index (χ1v) is 12.0. The van der Waals surface area contributed by atoms with E-state index in [1.807, 2.05) is 6.92 Å². The molecule has 0 unspecified atom stereocenters. The lowest BCUT2D eigenvalue weighted by atomic mass is 10.1. The zero-order chi connectivity index (χ0) is 24.4. The first kappa shape index (κ1) is 25.9. The maximum atomic E-state index is 12.6. The first-order valence-electron chi connectivity index (χ1n) is 10.5. The van der Waals surface area contributed by atoms with Crippen molar-refractivity contribution in [2.75, 3.05) is 17.9 Å². The van der Waals surface area contributed by atoms with Crippen LogP contribution in [0.15, 0.2) is 53.4 Å². The average molecular weight is 477 g/mol. The summed E-state index contributed by atoms with van der Waals surface area (Å²) in [6, 6.07) is 11.1. The van der Waals surface area contributed by atoms with E-state index in [1.54, 1.807) is 26.0 Å². The average Bonchev–Trinajstić information content (AvgIpc) is 2.77. The van der Waals surface area contributed by atoms with Gasteiger partial charge in [0.05, 0.1) is 18.1 Å². The highest BCUT2D eigenvalue weighted by Crippen LogP contribution is 2.17.